The number of rotatable bonds is 4. The van der Waals surface area contributed by atoms with E-state index >= 15 is 0 Å². The Balaban J connectivity index is 2.02. The number of carbonyl (C=O) groups excluding carboxylic acids is 1. The summed E-state index contributed by atoms with van der Waals surface area (Å²) >= 11 is 0. The number of benzene rings is 1. The summed E-state index contributed by atoms with van der Waals surface area (Å²) in [4.78, 5) is 12.0. The first-order chi connectivity index (χ1) is 11.2. The average molecular weight is 346 g/mol. The van der Waals surface area contributed by atoms with Crippen molar-refractivity contribution < 1.29 is 27.8 Å². The van der Waals surface area contributed by atoms with Gasteiger partial charge in [-0.15, -0.1) is 0 Å². The van der Waals surface area contributed by atoms with Crippen molar-refractivity contribution in [2.75, 3.05) is 13.2 Å². The Hall–Kier alpha value is -1.80. The van der Waals surface area contributed by atoms with Crippen LogP contribution in [0.15, 0.2) is 24.3 Å². The fourth-order valence-corrected chi connectivity index (χ4v) is 2.64. The smallest absolute Gasteiger partial charge is 0.388 e. The second-order valence-electron chi connectivity index (χ2n) is 5.99. The minimum Gasteiger partial charge on any atom is -0.388 e. The molecule has 4 atom stereocenters. The van der Waals surface area contributed by atoms with Gasteiger partial charge in [-0.05, 0) is 18.6 Å². The molecule has 0 unspecified atom stereocenters. The molecule has 0 bridgehead atoms. The van der Waals surface area contributed by atoms with Gasteiger partial charge in [0.25, 0.3) is 0 Å². The van der Waals surface area contributed by atoms with Gasteiger partial charge in [0.15, 0.2) is 0 Å². The van der Waals surface area contributed by atoms with E-state index in [1.165, 1.54) is 12.1 Å². The summed E-state index contributed by atoms with van der Waals surface area (Å²) < 4.78 is 44.3. The summed E-state index contributed by atoms with van der Waals surface area (Å²) in [6.07, 6.45) is -5.23. The molecule has 5 nitrogen and oxygen atoms in total. The molecule has 1 saturated heterocycles. The molecule has 3 N–H and O–H groups in total. The van der Waals surface area contributed by atoms with Crippen molar-refractivity contribution in [2.45, 2.75) is 44.1 Å². The first kappa shape index (κ1) is 18.5. The first-order valence-corrected chi connectivity index (χ1v) is 7.69. The third kappa shape index (κ3) is 4.39. The highest BCUT2D eigenvalue weighted by molar-refractivity contribution is 5.74. The number of halogens is 3. The highest BCUT2D eigenvalue weighted by atomic mass is 19.4. The van der Waals surface area contributed by atoms with Crippen LogP contribution in [0.25, 0.3) is 0 Å². The van der Waals surface area contributed by atoms with E-state index in [4.69, 9.17) is 4.74 Å². The zero-order chi connectivity index (χ0) is 17.9. The zero-order valence-corrected chi connectivity index (χ0v) is 13.4. The molecule has 1 aliphatic heterocycles. The molecule has 2 rings (SSSR count). The fourth-order valence-electron chi connectivity index (χ4n) is 2.64. The normalized spacial score (nSPS) is 23.6. The van der Waals surface area contributed by atoms with Crippen molar-refractivity contribution in [3.8, 4) is 0 Å². The second-order valence-corrected chi connectivity index (χ2v) is 5.99. The van der Waals surface area contributed by atoms with Crippen LogP contribution in [-0.2, 0) is 10.9 Å². The van der Waals surface area contributed by atoms with E-state index in [0.29, 0.717) is 0 Å². The van der Waals surface area contributed by atoms with Gasteiger partial charge in [0.05, 0.1) is 30.9 Å². The molecule has 1 aromatic rings. The van der Waals surface area contributed by atoms with Crippen LogP contribution in [-0.4, -0.2) is 42.5 Å². The maximum atomic E-state index is 13.1. The molecule has 134 valence electrons. The van der Waals surface area contributed by atoms with Gasteiger partial charge in [-0.3, -0.25) is 0 Å². The van der Waals surface area contributed by atoms with E-state index in [0.717, 1.165) is 6.07 Å². The summed E-state index contributed by atoms with van der Waals surface area (Å²) in [5.74, 6) is -0.543. The van der Waals surface area contributed by atoms with E-state index in [1.807, 2.05) is 0 Å². The van der Waals surface area contributed by atoms with Gasteiger partial charge in [0.2, 0.25) is 0 Å². The van der Waals surface area contributed by atoms with E-state index in [1.54, 1.807) is 19.9 Å². The highest BCUT2D eigenvalue weighted by Crippen LogP contribution is 2.35. The van der Waals surface area contributed by atoms with Gasteiger partial charge < -0.3 is 20.5 Å². The number of nitrogens with one attached hydrogen (secondary N) is 2. The number of hydrogen-bond acceptors (Lipinski definition) is 3. The maximum Gasteiger partial charge on any atom is 0.416 e. The molecular weight excluding hydrogens is 325 g/mol. The van der Waals surface area contributed by atoms with Crippen molar-refractivity contribution in [2.24, 2.45) is 0 Å². The Kier molecular flexibility index (Phi) is 5.71. The topological polar surface area (TPSA) is 70.6 Å². The lowest BCUT2D eigenvalue weighted by Gasteiger charge is -2.25. The number of ether oxygens (including phenoxy) is 1. The van der Waals surface area contributed by atoms with Crippen LogP contribution in [0.3, 0.4) is 0 Å². The van der Waals surface area contributed by atoms with E-state index in [9.17, 15) is 23.1 Å². The summed E-state index contributed by atoms with van der Waals surface area (Å²) in [7, 11) is 0. The zero-order valence-electron chi connectivity index (χ0n) is 13.4. The average Bonchev–Trinajstić information content (AvgIpc) is 2.90. The maximum absolute atomic E-state index is 13.1. The van der Waals surface area contributed by atoms with Gasteiger partial charge in [-0.1, -0.05) is 25.1 Å². The molecule has 1 aromatic carbocycles. The SMILES string of the molecule is C[C@H](NC(=O)N[C@@H]1COC[C@H]1O)[C@@H](C)c1ccccc1C(F)(F)F. The number of amides is 2. The van der Waals surface area contributed by atoms with Crippen LogP contribution in [0.5, 0.6) is 0 Å². The minimum absolute atomic E-state index is 0.127. The third-order valence-corrected chi connectivity index (χ3v) is 4.23. The third-order valence-electron chi connectivity index (χ3n) is 4.23. The van der Waals surface area contributed by atoms with Crippen LogP contribution in [0.4, 0.5) is 18.0 Å². The van der Waals surface area contributed by atoms with Crippen LogP contribution in [0.2, 0.25) is 0 Å². The Morgan fingerprint density at radius 2 is 1.96 bits per heavy atom. The Bertz CT molecular complexity index is 580. The predicted octanol–water partition coefficient (Wildman–Crippen LogP) is 2.26. The summed E-state index contributed by atoms with van der Waals surface area (Å²) in [5, 5.41) is 14.8. The molecule has 24 heavy (non-hydrogen) atoms. The standard InChI is InChI=1S/C16H21F3N2O3/c1-9(11-5-3-4-6-12(11)16(17,18)19)10(2)20-15(23)21-13-7-24-8-14(13)22/h3-6,9-10,13-14,22H,7-8H2,1-2H3,(H2,20,21,23)/t9-,10+,13-,14-/m1/s1. The monoisotopic (exact) mass is 346 g/mol. The number of hydrogen-bond donors (Lipinski definition) is 3. The van der Waals surface area contributed by atoms with Gasteiger partial charge in [0.1, 0.15) is 0 Å². The van der Waals surface area contributed by atoms with E-state index < -0.39 is 41.9 Å². The minimum atomic E-state index is -4.45. The molecular formula is C16H21F3N2O3. The molecule has 0 aromatic heterocycles. The number of aliphatic hydroxyl groups excluding tert-OH is 1. The quantitative estimate of drug-likeness (QED) is 0.783. The Morgan fingerprint density at radius 3 is 2.54 bits per heavy atom. The van der Waals surface area contributed by atoms with Gasteiger partial charge in [-0.2, -0.15) is 13.2 Å². The molecule has 8 heteroatoms. The molecule has 0 radical (unpaired) electrons. The van der Waals surface area contributed by atoms with E-state index in [2.05, 4.69) is 10.6 Å². The van der Waals surface area contributed by atoms with Crippen molar-refractivity contribution in [1.82, 2.24) is 10.6 Å². The van der Waals surface area contributed by atoms with Crippen molar-refractivity contribution in [3.63, 3.8) is 0 Å². The molecule has 0 aliphatic carbocycles. The lowest BCUT2D eigenvalue weighted by atomic mass is 9.90. The molecule has 1 aliphatic rings. The summed E-state index contributed by atoms with van der Waals surface area (Å²) in [6.45, 7) is 3.62. The number of aliphatic hydroxyl groups is 1. The first-order valence-electron chi connectivity index (χ1n) is 7.69. The number of carbonyl (C=O) groups is 1. The van der Waals surface area contributed by atoms with Gasteiger partial charge in [-0.25, -0.2) is 4.79 Å². The van der Waals surface area contributed by atoms with Crippen LogP contribution >= 0.6 is 0 Å². The second kappa shape index (κ2) is 7.40. The van der Waals surface area contributed by atoms with Crippen LogP contribution in [0, 0.1) is 0 Å². The molecule has 2 amide bonds. The van der Waals surface area contributed by atoms with Crippen molar-refractivity contribution >= 4 is 6.03 Å². The highest BCUT2D eigenvalue weighted by Gasteiger charge is 2.35. The molecule has 1 fully saturated rings. The lowest BCUT2D eigenvalue weighted by Crippen LogP contribution is -2.50. The Morgan fingerprint density at radius 1 is 1.29 bits per heavy atom. The molecule has 1 heterocycles. The van der Waals surface area contributed by atoms with Crippen molar-refractivity contribution in [3.05, 3.63) is 35.4 Å². The fraction of sp³-hybridized carbons (Fsp3) is 0.562. The molecule has 0 saturated carbocycles. The number of urea groups is 1. The van der Waals surface area contributed by atoms with Gasteiger partial charge >= 0.3 is 12.2 Å². The lowest BCUT2D eigenvalue weighted by molar-refractivity contribution is -0.138. The van der Waals surface area contributed by atoms with Crippen molar-refractivity contribution in [1.29, 1.82) is 0 Å². The largest absolute Gasteiger partial charge is 0.416 e. The van der Waals surface area contributed by atoms with Gasteiger partial charge in [0, 0.05) is 12.0 Å². The van der Waals surface area contributed by atoms with Crippen LogP contribution < -0.4 is 10.6 Å². The summed E-state index contributed by atoms with van der Waals surface area (Å²) in [5.41, 5.74) is -0.576. The Labute approximate surface area is 138 Å². The predicted molar refractivity (Wildman–Crippen MR) is 81.6 cm³/mol. The molecule has 0 spiro atoms. The summed E-state index contributed by atoms with van der Waals surface area (Å²) in [6, 6.07) is 3.73. The number of alkyl halides is 3. The van der Waals surface area contributed by atoms with E-state index in [-0.39, 0.29) is 18.8 Å². The van der Waals surface area contributed by atoms with Crippen LogP contribution in [0.1, 0.15) is 30.9 Å².